The summed E-state index contributed by atoms with van der Waals surface area (Å²) in [6.45, 7) is 7.68. The fraction of sp³-hybridized carbons (Fsp3) is 0.306. The van der Waals surface area contributed by atoms with Crippen molar-refractivity contribution in [1.29, 1.82) is 0 Å². The number of nitrogens with one attached hydrogen (secondary N) is 2. The van der Waals surface area contributed by atoms with Crippen LogP contribution >= 0.6 is 21.6 Å². The lowest BCUT2D eigenvalue weighted by molar-refractivity contribution is -0.872. The van der Waals surface area contributed by atoms with Crippen LogP contribution < -0.4 is 15.2 Å². The van der Waals surface area contributed by atoms with E-state index in [0.29, 0.717) is 6.54 Å². The molecule has 6 nitrogen and oxygen atoms in total. The number of anilines is 2. The predicted molar refractivity (Wildman–Crippen MR) is 189 cm³/mol. The van der Waals surface area contributed by atoms with Gasteiger partial charge in [0, 0.05) is 53.7 Å². The van der Waals surface area contributed by atoms with Crippen molar-refractivity contribution in [1.82, 2.24) is 0 Å². The van der Waals surface area contributed by atoms with Crippen molar-refractivity contribution < 1.29 is 19.3 Å². The number of aromatic nitrogens is 1. The molecule has 1 aromatic heterocycles. The number of aliphatic hydroxyl groups excluding tert-OH is 2. The number of quaternary nitrogens is 1. The SMILES string of the molecule is C/C(=C\c1ccc(NCCSSCCNc2ccc(/C=C3\C[N+]4(CCO)C=CC3=CC4)cc2)cc1)c1cc[n+](CCO)cc1. The summed E-state index contributed by atoms with van der Waals surface area (Å²) in [4.78, 5) is 0. The smallest absolute Gasteiger partial charge is 0.171 e. The first kappa shape index (κ1) is 32.1. The number of hydrogen-bond acceptors (Lipinski definition) is 6. The van der Waals surface area contributed by atoms with E-state index in [0.717, 1.165) is 60.1 Å². The molecule has 0 amide bonds. The average molecular weight is 629 g/mol. The van der Waals surface area contributed by atoms with Crippen LogP contribution in [0.4, 0.5) is 11.4 Å². The Hall–Kier alpha value is -3.27. The maximum atomic E-state index is 9.48. The van der Waals surface area contributed by atoms with Gasteiger partial charge in [-0.05, 0) is 77.3 Å². The van der Waals surface area contributed by atoms with Crippen LogP contribution in [0.15, 0.2) is 103 Å². The molecular formula is C36H44N4O2S2+2. The Labute approximate surface area is 269 Å². The van der Waals surface area contributed by atoms with E-state index in [4.69, 9.17) is 5.11 Å². The number of aliphatic hydroxyl groups is 2. The largest absolute Gasteiger partial charge is 0.390 e. The van der Waals surface area contributed by atoms with Gasteiger partial charge in [-0.3, -0.25) is 4.48 Å². The van der Waals surface area contributed by atoms with Crippen LogP contribution in [0.5, 0.6) is 0 Å². The van der Waals surface area contributed by atoms with Gasteiger partial charge in [-0.15, -0.1) is 0 Å². The van der Waals surface area contributed by atoms with Gasteiger partial charge in [0.1, 0.15) is 26.2 Å². The Morgan fingerprint density at radius 1 is 0.864 bits per heavy atom. The van der Waals surface area contributed by atoms with E-state index in [-0.39, 0.29) is 13.2 Å². The van der Waals surface area contributed by atoms with Crippen molar-refractivity contribution in [2.45, 2.75) is 13.5 Å². The second-order valence-electron chi connectivity index (χ2n) is 11.3. The highest BCUT2D eigenvalue weighted by molar-refractivity contribution is 8.76. The third kappa shape index (κ3) is 9.13. The van der Waals surface area contributed by atoms with Gasteiger partial charge in [-0.1, -0.05) is 51.9 Å². The van der Waals surface area contributed by atoms with Gasteiger partial charge in [0.2, 0.25) is 0 Å². The first-order valence-electron chi connectivity index (χ1n) is 15.3. The molecule has 8 heteroatoms. The van der Waals surface area contributed by atoms with Gasteiger partial charge in [-0.25, -0.2) is 4.57 Å². The first-order valence-corrected chi connectivity index (χ1v) is 17.8. The molecule has 1 unspecified atom stereocenters. The standard InChI is InChI=1S/C36H43N4O2S2/c1-29(32-10-16-39(17-11-32)18-22-41)26-30-2-6-35(7-3-30)37-14-24-43-44-25-15-38-36-8-4-31(5-9-36)27-34-28-40(21-23-42)19-12-33(34)13-20-40/h2-13,16-17,19,26-27,38,41-42H,14-15,18,20-25,28H2,1H3/q+1/p+1/b34-27+. The molecule has 0 aliphatic carbocycles. The summed E-state index contributed by atoms with van der Waals surface area (Å²) in [6, 6.07) is 21.5. The third-order valence-corrected chi connectivity index (χ3v) is 10.4. The highest BCUT2D eigenvalue weighted by Crippen LogP contribution is 2.32. The molecule has 3 aromatic rings. The quantitative estimate of drug-likeness (QED) is 0.0667. The zero-order valence-corrected chi connectivity index (χ0v) is 27.1. The molecule has 4 N–H and O–H groups in total. The Balaban J connectivity index is 0.957. The summed E-state index contributed by atoms with van der Waals surface area (Å²) in [6.07, 6.45) is 15.2. The maximum absolute atomic E-state index is 9.48. The predicted octanol–water partition coefficient (Wildman–Crippen LogP) is 6.09. The van der Waals surface area contributed by atoms with Gasteiger partial charge in [0.25, 0.3) is 0 Å². The van der Waals surface area contributed by atoms with E-state index in [1.54, 1.807) is 0 Å². The molecule has 44 heavy (non-hydrogen) atoms. The van der Waals surface area contributed by atoms with Crippen molar-refractivity contribution >= 4 is 50.7 Å². The Morgan fingerprint density at radius 3 is 2.07 bits per heavy atom. The molecule has 0 fully saturated rings. The van der Waals surface area contributed by atoms with Crippen LogP contribution in [-0.4, -0.2) is 72.1 Å². The van der Waals surface area contributed by atoms with Crippen LogP contribution in [0, 0.1) is 0 Å². The zero-order valence-electron chi connectivity index (χ0n) is 25.5. The maximum Gasteiger partial charge on any atom is 0.171 e. The highest BCUT2D eigenvalue weighted by atomic mass is 33.1. The van der Waals surface area contributed by atoms with Crippen LogP contribution in [0.3, 0.4) is 0 Å². The summed E-state index contributed by atoms with van der Waals surface area (Å²) < 4.78 is 2.81. The van der Waals surface area contributed by atoms with Gasteiger partial charge in [0.15, 0.2) is 18.9 Å². The molecule has 0 saturated carbocycles. The number of pyridine rings is 1. The zero-order chi connectivity index (χ0) is 30.6. The molecule has 230 valence electrons. The lowest BCUT2D eigenvalue weighted by atomic mass is 9.93. The number of fused-ring (bicyclic) bond motifs is 2. The van der Waals surface area contributed by atoms with Gasteiger partial charge >= 0.3 is 0 Å². The molecule has 2 bridgehead atoms. The van der Waals surface area contributed by atoms with Gasteiger partial charge < -0.3 is 20.8 Å². The Morgan fingerprint density at radius 2 is 1.50 bits per heavy atom. The number of benzene rings is 2. The molecule has 6 rings (SSSR count). The number of hydrogen-bond donors (Lipinski definition) is 4. The van der Waals surface area contributed by atoms with Crippen LogP contribution in [-0.2, 0) is 6.54 Å². The van der Waals surface area contributed by atoms with Crippen molar-refractivity contribution in [2.75, 3.05) is 68.1 Å². The van der Waals surface area contributed by atoms with E-state index < -0.39 is 0 Å². The van der Waals surface area contributed by atoms with Crippen molar-refractivity contribution in [2.24, 2.45) is 0 Å². The molecule has 0 saturated heterocycles. The van der Waals surface area contributed by atoms with Crippen molar-refractivity contribution in [3.05, 3.63) is 119 Å². The summed E-state index contributed by atoms with van der Waals surface area (Å²) in [5.74, 6) is 2.09. The minimum atomic E-state index is 0.148. The summed E-state index contributed by atoms with van der Waals surface area (Å²) in [5, 5.41) is 25.6. The molecular weight excluding hydrogens is 585 g/mol. The normalized spacial score (nSPS) is 18.5. The Bertz CT molecular complexity index is 1480. The molecule has 1 atom stereocenters. The van der Waals surface area contributed by atoms with Crippen LogP contribution in [0.2, 0.25) is 0 Å². The van der Waals surface area contributed by atoms with E-state index >= 15 is 0 Å². The molecule has 2 aromatic carbocycles. The highest BCUT2D eigenvalue weighted by Gasteiger charge is 2.33. The monoisotopic (exact) mass is 628 g/mol. The van der Waals surface area contributed by atoms with Crippen LogP contribution in [0.25, 0.3) is 17.7 Å². The Kier molecular flexibility index (Phi) is 11.8. The topological polar surface area (TPSA) is 68.4 Å². The second-order valence-corrected chi connectivity index (χ2v) is 14.0. The minimum Gasteiger partial charge on any atom is -0.390 e. The third-order valence-electron chi connectivity index (χ3n) is 8.01. The summed E-state index contributed by atoms with van der Waals surface area (Å²) in [5.41, 5.74) is 9.77. The van der Waals surface area contributed by atoms with E-state index in [2.05, 4.69) is 109 Å². The van der Waals surface area contributed by atoms with E-state index in [1.165, 1.54) is 33.4 Å². The summed E-state index contributed by atoms with van der Waals surface area (Å²) in [7, 11) is 3.81. The number of rotatable bonds is 16. The van der Waals surface area contributed by atoms with Gasteiger partial charge in [0.05, 0.1) is 12.8 Å². The van der Waals surface area contributed by atoms with Gasteiger partial charge in [-0.2, -0.15) is 0 Å². The fourth-order valence-corrected chi connectivity index (χ4v) is 7.33. The van der Waals surface area contributed by atoms with E-state index in [9.17, 15) is 5.11 Å². The molecule has 4 heterocycles. The molecule has 0 spiro atoms. The number of nitrogens with zero attached hydrogens (tertiary/aromatic N) is 2. The molecule has 3 aliphatic rings. The van der Waals surface area contributed by atoms with Crippen LogP contribution in [0.1, 0.15) is 23.6 Å². The summed E-state index contributed by atoms with van der Waals surface area (Å²) >= 11 is 0. The molecule has 0 radical (unpaired) electrons. The van der Waals surface area contributed by atoms with E-state index in [1.807, 2.05) is 38.5 Å². The minimum absolute atomic E-state index is 0.148. The lowest BCUT2D eigenvalue weighted by Gasteiger charge is -2.41. The number of allylic oxidation sites excluding steroid dienone is 2. The van der Waals surface area contributed by atoms with Crippen molar-refractivity contribution in [3.8, 4) is 0 Å². The van der Waals surface area contributed by atoms with Crippen molar-refractivity contribution in [3.63, 3.8) is 0 Å². The fourth-order valence-electron chi connectivity index (χ4n) is 5.51. The average Bonchev–Trinajstić information content (AvgIpc) is 3.05. The lowest BCUT2D eigenvalue weighted by Crippen LogP contribution is -2.50. The second kappa shape index (κ2) is 16.2. The molecule has 3 aliphatic heterocycles. The first-order chi connectivity index (χ1) is 21.6.